The Morgan fingerprint density at radius 1 is 1.20 bits per heavy atom. The Hall–Kier alpha value is -2.79. The van der Waals surface area contributed by atoms with Gasteiger partial charge in [-0.1, -0.05) is 6.07 Å². The van der Waals surface area contributed by atoms with Gasteiger partial charge in [-0.3, -0.25) is 4.79 Å². The molecule has 0 spiro atoms. The quantitative estimate of drug-likeness (QED) is 0.659. The summed E-state index contributed by atoms with van der Waals surface area (Å²) in [6.45, 7) is -4.35. The highest BCUT2D eigenvalue weighted by Gasteiger charge is 2.32. The predicted molar refractivity (Wildman–Crippen MR) is 93.2 cm³/mol. The average molecular weight is 440 g/mol. The number of halogens is 5. The Morgan fingerprint density at radius 3 is 2.43 bits per heavy atom. The molecular formula is C18H21F5N2O5. The van der Waals surface area contributed by atoms with Crippen molar-refractivity contribution in [2.75, 3.05) is 26.8 Å². The molecule has 1 N–H and O–H groups in total. The van der Waals surface area contributed by atoms with Crippen molar-refractivity contribution in [2.24, 2.45) is 5.92 Å². The van der Waals surface area contributed by atoms with Crippen LogP contribution in [0.25, 0.3) is 0 Å². The van der Waals surface area contributed by atoms with Crippen LogP contribution < -0.4 is 14.8 Å². The number of methoxy groups -OCH3 is 1. The molecule has 12 heteroatoms. The predicted octanol–water partition coefficient (Wildman–Crippen LogP) is 3.32. The number of nitrogens with one attached hydrogen (secondary N) is 1. The second-order valence-electron chi connectivity index (χ2n) is 6.51. The van der Waals surface area contributed by atoms with Crippen molar-refractivity contribution >= 4 is 12.0 Å². The number of nitrogens with zero attached hydrogens (tertiary/aromatic N) is 1. The molecule has 0 aliphatic carbocycles. The smallest absolute Gasteiger partial charge is 0.422 e. The van der Waals surface area contributed by atoms with Gasteiger partial charge in [0.05, 0.1) is 7.11 Å². The summed E-state index contributed by atoms with van der Waals surface area (Å²) < 4.78 is 74.5. The third-order valence-corrected chi connectivity index (χ3v) is 4.39. The summed E-state index contributed by atoms with van der Waals surface area (Å²) >= 11 is 0. The standard InChI is InChI=1S/C18H21F5N2O5/c1-28-14-8-11(2-3-13(14)30-16(19)20)9-24-15(26)12-4-6-25(7-5-12)17(27)29-10-18(21,22)23/h2-3,8,12,16H,4-7,9-10H2,1H3,(H,24,26). The fourth-order valence-electron chi connectivity index (χ4n) is 2.91. The molecule has 0 saturated carbocycles. The molecule has 1 heterocycles. The highest BCUT2D eigenvalue weighted by Crippen LogP contribution is 2.29. The lowest BCUT2D eigenvalue weighted by molar-refractivity contribution is -0.162. The van der Waals surface area contributed by atoms with Crippen molar-refractivity contribution in [1.29, 1.82) is 0 Å². The normalized spacial score (nSPS) is 15.1. The molecule has 1 aliphatic rings. The zero-order chi connectivity index (χ0) is 22.3. The van der Waals surface area contributed by atoms with Crippen molar-refractivity contribution in [1.82, 2.24) is 10.2 Å². The number of hydrogen-bond acceptors (Lipinski definition) is 5. The van der Waals surface area contributed by atoms with E-state index in [0.29, 0.717) is 5.56 Å². The van der Waals surface area contributed by atoms with Gasteiger partial charge in [0.2, 0.25) is 5.91 Å². The molecule has 0 unspecified atom stereocenters. The van der Waals surface area contributed by atoms with E-state index >= 15 is 0 Å². The van der Waals surface area contributed by atoms with Crippen LogP contribution in [0.3, 0.4) is 0 Å². The molecule has 1 saturated heterocycles. The lowest BCUT2D eigenvalue weighted by Gasteiger charge is -2.30. The second-order valence-corrected chi connectivity index (χ2v) is 6.51. The number of amides is 2. The van der Waals surface area contributed by atoms with Crippen LogP contribution in [-0.2, 0) is 16.1 Å². The number of hydrogen-bond donors (Lipinski definition) is 1. The molecule has 0 bridgehead atoms. The summed E-state index contributed by atoms with van der Waals surface area (Å²) in [4.78, 5) is 25.1. The highest BCUT2D eigenvalue weighted by molar-refractivity contribution is 5.79. The van der Waals surface area contributed by atoms with E-state index in [2.05, 4.69) is 14.8 Å². The monoisotopic (exact) mass is 440 g/mol. The molecule has 0 aromatic heterocycles. The van der Waals surface area contributed by atoms with Crippen molar-refractivity contribution in [2.45, 2.75) is 32.2 Å². The number of carbonyl (C=O) groups excluding carboxylic acids is 2. The molecule has 1 aliphatic heterocycles. The van der Waals surface area contributed by atoms with Gasteiger partial charge in [0, 0.05) is 25.6 Å². The van der Waals surface area contributed by atoms with Gasteiger partial charge < -0.3 is 24.4 Å². The van der Waals surface area contributed by atoms with Gasteiger partial charge in [0.15, 0.2) is 18.1 Å². The van der Waals surface area contributed by atoms with Crippen LogP contribution in [0.15, 0.2) is 18.2 Å². The van der Waals surface area contributed by atoms with E-state index in [1.807, 2.05) is 0 Å². The van der Waals surface area contributed by atoms with E-state index in [1.54, 1.807) is 0 Å². The van der Waals surface area contributed by atoms with Crippen LogP contribution in [0.5, 0.6) is 11.5 Å². The highest BCUT2D eigenvalue weighted by atomic mass is 19.4. The maximum atomic E-state index is 12.4. The second kappa shape index (κ2) is 10.3. The molecule has 0 atom stereocenters. The Bertz CT molecular complexity index is 736. The molecule has 0 radical (unpaired) electrons. The summed E-state index contributed by atoms with van der Waals surface area (Å²) in [6, 6.07) is 4.26. The number of alkyl halides is 5. The van der Waals surface area contributed by atoms with Crippen molar-refractivity contribution in [3.05, 3.63) is 23.8 Å². The van der Waals surface area contributed by atoms with Crippen molar-refractivity contribution < 1.29 is 45.8 Å². The minimum atomic E-state index is -4.60. The molecular weight excluding hydrogens is 419 g/mol. The lowest BCUT2D eigenvalue weighted by Crippen LogP contribution is -2.43. The van der Waals surface area contributed by atoms with E-state index in [1.165, 1.54) is 25.3 Å². The Kier molecular flexibility index (Phi) is 8.07. The number of benzene rings is 1. The van der Waals surface area contributed by atoms with Gasteiger partial charge in [0.25, 0.3) is 0 Å². The molecule has 1 fully saturated rings. The Morgan fingerprint density at radius 2 is 1.87 bits per heavy atom. The number of carbonyl (C=O) groups is 2. The summed E-state index contributed by atoms with van der Waals surface area (Å²) in [7, 11) is 1.30. The summed E-state index contributed by atoms with van der Waals surface area (Å²) in [6.07, 6.45) is -5.11. The van der Waals surface area contributed by atoms with E-state index < -0.39 is 31.4 Å². The van der Waals surface area contributed by atoms with E-state index in [9.17, 15) is 31.5 Å². The van der Waals surface area contributed by atoms with Crippen LogP contribution in [0.2, 0.25) is 0 Å². The van der Waals surface area contributed by atoms with Crippen LogP contribution in [0, 0.1) is 5.92 Å². The SMILES string of the molecule is COc1cc(CNC(=O)C2CCN(C(=O)OCC(F)(F)F)CC2)ccc1OC(F)F. The van der Waals surface area contributed by atoms with Crippen LogP contribution >= 0.6 is 0 Å². The zero-order valence-electron chi connectivity index (χ0n) is 16.0. The fraction of sp³-hybridized carbons (Fsp3) is 0.556. The van der Waals surface area contributed by atoms with Gasteiger partial charge in [0.1, 0.15) is 0 Å². The van der Waals surface area contributed by atoms with E-state index in [0.717, 1.165) is 4.90 Å². The Labute approximate surface area is 169 Å². The average Bonchev–Trinajstić information content (AvgIpc) is 2.70. The van der Waals surface area contributed by atoms with Gasteiger partial charge in [-0.15, -0.1) is 0 Å². The van der Waals surface area contributed by atoms with E-state index in [4.69, 9.17) is 4.74 Å². The maximum Gasteiger partial charge on any atom is 0.422 e. The summed E-state index contributed by atoms with van der Waals surface area (Å²) in [5.41, 5.74) is 0.593. The van der Waals surface area contributed by atoms with Crippen molar-refractivity contribution in [3.8, 4) is 11.5 Å². The molecule has 1 aromatic carbocycles. The first-order valence-corrected chi connectivity index (χ1v) is 8.97. The van der Waals surface area contributed by atoms with Gasteiger partial charge in [-0.05, 0) is 30.5 Å². The molecule has 2 amide bonds. The molecule has 1 aromatic rings. The number of rotatable bonds is 7. The topological polar surface area (TPSA) is 77.1 Å². The largest absolute Gasteiger partial charge is 0.493 e. The molecule has 168 valence electrons. The maximum absolute atomic E-state index is 12.4. The number of ether oxygens (including phenoxy) is 3. The number of piperidine rings is 1. The van der Waals surface area contributed by atoms with Crippen LogP contribution in [-0.4, -0.2) is 56.5 Å². The first-order valence-electron chi connectivity index (χ1n) is 8.97. The Balaban J connectivity index is 1.80. The first kappa shape index (κ1) is 23.5. The minimum Gasteiger partial charge on any atom is -0.493 e. The van der Waals surface area contributed by atoms with E-state index in [-0.39, 0.29) is 49.9 Å². The van der Waals surface area contributed by atoms with Gasteiger partial charge >= 0.3 is 18.9 Å². The van der Waals surface area contributed by atoms with Crippen LogP contribution in [0.1, 0.15) is 18.4 Å². The van der Waals surface area contributed by atoms with Crippen molar-refractivity contribution in [3.63, 3.8) is 0 Å². The fourth-order valence-corrected chi connectivity index (χ4v) is 2.91. The zero-order valence-corrected chi connectivity index (χ0v) is 16.0. The van der Waals surface area contributed by atoms with Gasteiger partial charge in [-0.2, -0.15) is 22.0 Å². The first-order chi connectivity index (χ1) is 14.1. The third-order valence-electron chi connectivity index (χ3n) is 4.39. The third kappa shape index (κ3) is 7.23. The molecule has 30 heavy (non-hydrogen) atoms. The van der Waals surface area contributed by atoms with Crippen LogP contribution in [0.4, 0.5) is 26.7 Å². The summed E-state index contributed by atoms with van der Waals surface area (Å²) in [5.74, 6) is -0.745. The lowest BCUT2D eigenvalue weighted by atomic mass is 9.96. The minimum absolute atomic E-state index is 0.0905. The molecule has 2 rings (SSSR count). The summed E-state index contributed by atoms with van der Waals surface area (Å²) in [5, 5.41) is 2.70. The van der Waals surface area contributed by atoms with Gasteiger partial charge in [-0.25, -0.2) is 4.79 Å². The molecule has 7 nitrogen and oxygen atoms in total. The number of likely N-dealkylation sites (tertiary alicyclic amines) is 1.